The molecule has 0 aliphatic carbocycles. The van der Waals surface area contributed by atoms with E-state index in [0.29, 0.717) is 5.56 Å². The third-order valence-corrected chi connectivity index (χ3v) is 3.91. The Balaban J connectivity index is 2.32. The molecule has 0 saturated heterocycles. The minimum absolute atomic E-state index is 0.0526. The molecule has 0 amide bonds. The number of hydrogen-bond acceptors (Lipinski definition) is 6. The van der Waals surface area contributed by atoms with Crippen molar-refractivity contribution >= 4 is 11.5 Å². The van der Waals surface area contributed by atoms with Gasteiger partial charge >= 0.3 is 11.9 Å². The molecule has 2 aromatic rings. The minimum atomic E-state index is -4.47. The van der Waals surface area contributed by atoms with Crippen LogP contribution in [0, 0.1) is 21.4 Å². The molecule has 0 aliphatic rings. The fraction of sp³-hybridized carbons (Fsp3) is 0.294. The largest absolute Gasteiger partial charge is 0.416 e. The maximum Gasteiger partial charge on any atom is 0.416 e. The molecule has 1 N–H and O–H groups in total. The van der Waals surface area contributed by atoms with Gasteiger partial charge in [0.25, 0.3) is 0 Å². The van der Waals surface area contributed by atoms with Gasteiger partial charge in [0.15, 0.2) is 0 Å². The molecule has 142 valence electrons. The summed E-state index contributed by atoms with van der Waals surface area (Å²) in [5.41, 5.74) is -1.01. The number of nitriles is 1. The Morgan fingerprint density at radius 1 is 1.37 bits per heavy atom. The lowest BCUT2D eigenvalue weighted by Gasteiger charge is -2.26. The van der Waals surface area contributed by atoms with Crippen molar-refractivity contribution in [2.24, 2.45) is 0 Å². The van der Waals surface area contributed by atoms with Gasteiger partial charge in [-0.05, 0) is 37.9 Å². The highest BCUT2D eigenvalue weighted by Crippen LogP contribution is 2.32. The fourth-order valence-corrected chi connectivity index (χ4v) is 2.57. The van der Waals surface area contributed by atoms with Crippen LogP contribution in [0.2, 0.25) is 0 Å². The van der Waals surface area contributed by atoms with Gasteiger partial charge < -0.3 is 10.2 Å². The lowest BCUT2D eigenvalue weighted by molar-refractivity contribution is -0.384. The van der Waals surface area contributed by atoms with Crippen molar-refractivity contribution in [3.05, 3.63) is 63.3 Å². The highest BCUT2D eigenvalue weighted by atomic mass is 19.4. The van der Waals surface area contributed by atoms with Crippen molar-refractivity contribution in [2.75, 3.05) is 26.0 Å². The van der Waals surface area contributed by atoms with E-state index in [1.165, 1.54) is 18.3 Å². The molecule has 0 saturated carbocycles. The zero-order valence-corrected chi connectivity index (χ0v) is 14.5. The molecule has 1 atom stereocenters. The Hall–Kier alpha value is -3.19. The zero-order valence-electron chi connectivity index (χ0n) is 14.5. The second-order valence-corrected chi connectivity index (χ2v) is 5.91. The molecule has 0 radical (unpaired) electrons. The minimum Gasteiger partial charge on any atom is -0.362 e. The molecule has 2 rings (SSSR count). The van der Waals surface area contributed by atoms with Crippen molar-refractivity contribution in [1.29, 1.82) is 5.26 Å². The number of alkyl halides is 3. The number of halogens is 3. The SMILES string of the molecule is CN(C)C(CNc1nccc(C#N)c1[N+](=O)[O-])c1cccc(C(F)(F)F)c1. The first-order valence-corrected chi connectivity index (χ1v) is 7.76. The van der Waals surface area contributed by atoms with Crippen LogP contribution in [0.1, 0.15) is 22.7 Å². The molecule has 0 bridgehead atoms. The van der Waals surface area contributed by atoms with Gasteiger partial charge in [-0.15, -0.1) is 0 Å². The van der Waals surface area contributed by atoms with Crippen LogP contribution >= 0.6 is 0 Å². The Morgan fingerprint density at radius 3 is 2.63 bits per heavy atom. The maximum absolute atomic E-state index is 13.0. The first-order chi connectivity index (χ1) is 12.6. The van der Waals surface area contributed by atoms with E-state index in [0.717, 1.165) is 12.1 Å². The topological polar surface area (TPSA) is 95.1 Å². The molecule has 0 fully saturated rings. The summed E-state index contributed by atoms with van der Waals surface area (Å²) in [4.78, 5) is 16.1. The number of rotatable bonds is 6. The molecule has 0 spiro atoms. The highest BCUT2D eigenvalue weighted by molar-refractivity contribution is 5.64. The monoisotopic (exact) mass is 379 g/mol. The molecule has 1 aromatic carbocycles. The number of anilines is 1. The maximum atomic E-state index is 13.0. The number of aromatic nitrogens is 1. The van der Waals surface area contributed by atoms with Crippen LogP contribution in [0.3, 0.4) is 0 Å². The predicted octanol–water partition coefficient (Wildman–Crippen LogP) is 3.60. The van der Waals surface area contributed by atoms with Gasteiger partial charge in [0.1, 0.15) is 11.6 Å². The Bertz CT molecular complexity index is 878. The Kier molecular flexibility index (Phi) is 5.97. The van der Waals surface area contributed by atoms with Gasteiger partial charge in [0, 0.05) is 12.7 Å². The van der Waals surface area contributed by atoms with Crippen LogP contribution in [0.25, 0.3) is 0 Å². The van der Waals surface area contributed by atoms with E-state index in [2.05, 4.69) is 10.3 Å². The first kappa shape index (κ1) is 20.1. The van der Waals surface area contributed by atoms with E-state index < -0.39 is 28.4 Å². The quantitative estimate of drug-likeness (QED) is 0.609. The van der Waals surface area contributed by atoms with Crippen molar-refractivity contribution in [3.63, 3.8) is 0 Å². The van der Waals surface area contributed by atoms with Crippen LogP contribution in [-0.2, 0) is 6.18 Å². The summed E-state index contributed by atoms with van der Waals surface area (Å²) < 4.78 is 38.9. The first-order valence-electron chi connectivity index (χ1n) is 7.76. The van der Waals surface area contributed by atoms with Crippen LogP contribution in [0.5, 0.6) is 0 Å². The van der Waals surface area contributed by atoms with Crippen LogP contribution < -0.4 is 5.32 Å². The third kappa shape index (κ3) is 4.71. The summed E-state index contributed by atoms with van der Waals surface area (Å²) in [5.74, 6) is -0.113. The average Bonchev–Trinajstić information content (AvgIpc) is 2.60. The van der Waals surface area contributed by atoms with E-state index in [-0.39, 0.29) is 17.9 Å². The van der Waals surface area contributed by atoms with Gasteiger partial charge in [-0.1, -0.05) is 12.1 Å². The summed E-state index contributed by atoms with van der Waals surface area (Å²) >= 11 is 0. The predicted molar refractivity (Wildman–Crippen MR) is 92.0 cm³/mol. The molecule has 1 aromatic heterocycles. The van der Waals surface area contributed by atoms with E-state index >= 15 is 0 Å². The average molecular weight is 379 g/mol. The van der Waals surface area contributed by atoms with Crippen molar-refractivity contribution in [2.45, 2.75) is 12.2 Å². The molecule has 10 heteroatoms. The number of nitro groups is 1. The van der Waals surface area contributed by atoms with Gasteiger partial charge in [0.05, 0.1) is 16.5 Å². The molecule has 0 aliphatic heterocycles. The lowest BCUT2D eigenvalue weighted by atomic mass is 10.0. The smallest absolute Gasteiger partial charge is 0.362 e. The molecular weight excluding hydrogens is 363 g/mol. The number of hydrogen-bond donors (Lipinski definition) is 1. The normalized spacial score (nSPS) is 12.5. The van der Waals surface area contributed by atoms with Crippen molar-refractivity contribution < 1.29 is 18.1 Å². The number of benzene rings is 1. The number of nitrogens with one attached hydrogen (secondary N) is 1. The van der Waals surface area contributed by atoms with Crippen LogP contribution in [0.15, 0.2) is 36.5 Å². The molecule has 1 heterocycles. The molecular formula is C17H16F3N5O2. The summed E-state index contributed by atoms with van der Waals surface area (Å²) in [5, 5.41) is 23.0. The van der Waals surface area contributed by atoms with E-state index in [1.807, 2.05) is 0 Å². The van der Waals surface area contributed by atoms with E-state index in [9.17, 15) is 23.3 Å². The molecule has 27 heavy (non-hydrogen) atoms. The molecule has 7 nitrogen and oxygen atoms in total. The molecule has 1 unspecified atom stereocenters. The number of pyridine rings is 1. The Labute approximate surface area is 153 Å². The van der Waals surface area contributed by atoms with Gasteiger partial charge in [0.2, 0.25) is 5.82 Å². The van der Waals surface area contributed by atoms with Gasteiger partial charge in [-0.25, -0.2) is 4.98 Å². The van der Waals surface area contributed by atoms with Crippen LogP contribution in [-0.4, -0.2) is 35.4 Å². The summed E-state index contributed by atoms with van der Waals surface area (Å²) in [6.45, 7) is 0.0526. The number of likely N-dealkylation sites (N-methyl/N-ethyl adjacent to an activating group) is 1. The third-order valence-electron chi connectivity index (χ3n) is 3.91. The van der Waals surface area contributed by atoms with E-state index in [4.69, 9.17) is 5.26 Å². The fourth-order valence-electron chi connectivity index (χ4n) is 2.57. The van der Waals surface area contributed by atoms with Crippen molar-refractivity contribution in [3.8, 4) is 6.07 Å². The second kappa shape index (κ2) is 8.01. The van der Waals surface area contributed by atoms with Gasteiger partial charge in [-0.3, -0.25) is 10.1 Å². The standard InChI is InChI=1S/C17H16F3N5O2/c1-24(2)14(11-4-3-5-13(8-11)17(18,19)20)10-23-16-15(25(26)27)12(9-21)6-7-22-16/h3-8,14H,10H2,1-2H3,(H,22,23). The summed E-state index contributed by atoms with van der Waals surface area (Å²) in [6.07, 6.45) is -3.22. The van der Waals surface area contributed by atoms with E-state index in [1.54, 1.807) is 31.1 Å². The van der Waals surface area contributed by atoms with Crippen LogP contribution in [0.4, 0.5) is 24.7 Å². The summed E-state index contributed by atoms with van der Waals surface area (Å²) in [7, 11) is 3.36. The highest BCUT2D eigenvalue weighted by Gasteiger charge is 2.31. The lowest BCUT2D eigenvalue weighted by Crippen LogP contribution is -2.27. The van der Waals surface area contributed by atoms with Gasteiger partial charge in [-0.2, -0.15) is 18.4 Å². The van der Waals surface area contributed by atoms with Crippen molar-refractivity contribution in [1.82, 2.24) is 9.88 Å². The Morgan fingerprint density at radius 2 is 2.07 bits per heavy atom. The number of nitrogens with zero attached hydrogens (tertiary/aromatic N) is 4. The zero-order chi connectivity index (χ0) is 20.2. The second-order valence-electron chi connectivity index (χ2n) is 5.91. The summed E-state index contributed by atoms with van der Waals surface area (Å²) in [6, 6.07) is 7.32.